The van der Waals surface area contributed by atoms with Gasteiger partial charge in [0.15, 0.2) is 0 Å². The van der Waals surface area contributed by atoms with Crippen molar-refractivity contribution in [3.05, 3.63) is 0 Å². The fourth-order valence-corrected chi connectivity index (χ4v) is 4.53. The van der Waals surface area contributed by atoms with Crippen LogP contribution in [0, 0.1) is 0 Å². The number of aliphatic hydroxyl groups excluding tert-OH is 1. The summed E-state index contributed by atoms with van der Waals surface area (Å²) in [6.45, 7) is 3.24. The van der Waals surface area contributed by atoms with Gasteiger partial charge in [0.25, 0.3) is 0 Å². The second-order valence-corrected chi connectivity index (χ2v) is 10.2. The van der Waals surface area contributed by atoms with E-state index in [9.17, 15) is 4.79 Å². The van der Waals surface area contributed by atoms with Crippen LogP contribution in [0.4, 0.5) is 0 Å². The normalized spacial score (nSPS) is 11.2. The van der Waals surface area contributed by atoms with Gasteiger partial charge in [0, 0.05) is 13.0 Å². The molecule has 3 heteroatoms. The van der Waals surface area contributed by atoms with E-state index in [1.807, 2.05) is 0 Å². The van der Waals surface area contributed by atoms with Gasteiger partial charge in [0.05, 0.1) is 6.61 Å². The molecule has 0 aromatic heterocycles. The van der Waals surface area contributed by atoms with E-state index in [1.54, 1.807) is 0 Å². The highest BCUT2D eigenvalue weighted by Crippen LogP contribution is 2.14. The molecule has 0 aliphatic carbocycles. The fourth-order valence-electron chi connectivity index (χ4n) is 4.53. The lowest BCUT2D eigenvalue weighted by Crippen LogP contribution is -2.05. The zero-order valence-corrected chi connectivity index (χ0v) is 22.6. The minimum absolute atomic E-state index is 0.0136. The average Bonchev–Trinajstić information content (AvgIpc) is 2.82. The monoisotopic (exact) mass is 468 g/mol. The Kier molecular flexibility index (Phi) is 29.0. The summed E-state index contributed by atoms with van der Waals surface area (Å²) in [5.41, 5.74) is 0. The van der Waals surface area contributed by atoms with Crippen molar-refractivity contribution in [2.45, 2.75) is 174 Å². The Hall–Kier alpha value is -0.570. The van der Waals surface area contributed by atoms with Crippen LogP contribution >= 0.6 is 0 Å². The molecule has 0 heterocycles. The SMILES string of the molecule is CCCCCCCCCCCC(=O)OCCCCCCCCCCCCCCCCCCO. The van der Waals surface area contributed by atoms with E-state index in [4.69, 9.17) is 9.84 Å². The van der Waals surface area contributed by atoms with Crippen molar-refractivity contribution in [3.8, 4) is 0 Å². The van der Waals surface area contributed by atoms with Crippen LogP contribution < -0.4 is 0 Å². The number of esters is 1. The molecule has 0 saturated heterocycles. The van der Waals surface area contributed by atoms with Gasteiger partial charge in [-0.25, -0.2) is 0 Å². The molecule has 0 rings (SSSR count). The molecule has 0 radical (unpaired) electrons. The highest BCUT2D eigenvalue weighted by Gasteiger charge is 2.02. The first-order valence-corrected chi connectivity index (χ1v) is 15.1. The van der Waals surface area contributed by atoms with Gasteiger partial charge >= 0.3 is 5.97 Å². The predicted octanol–water partition coefficient (Wildman–Crippen LogP) is 9.68. The van der Waals surface area contributed by atoms with Gasteiger partial charge in [-0.1, -0.05) is 148 Å². The second-order valence-electron chi connectivity index (χ2n) is 10.2. The van der Waals surface area contributed by atoms with Gasteiger partial charge < -0.3 is 9.84 Å². The number of aliphatic hydroxyl groups is 1. The smallest absolute Gasteiger partial charge is 0.305 e. The average molecular weight is 469 g/mol. The molecule has 3 nitrogen and oxygen atoms in total. The third-order valence-electron chi connectivity index (χ3n) is 6.80. The molecule has 1 N–H and O–H groups in total. The molecular formula is C30H60O3. The van der Waals surface area contributed by atoms with E-state index in [0.29, 0.717) is 19.6 Å². The number of hydrogen-bond acceptors (Lipinski definition) is 3. The van der Waals surface area contributed by atoms with Crippen LogP contribution in [-0.4, -0.2) is 24.3 Å². The Morgan fingerprint density at radius 1 is 0.485 bits per heavy atom. The summed E-state index contributed by atoms with van der Waals surface area (Å²) in [7, 11) is 0. The fraction of sp³-hybridized carbons (Fsp3) is 0.967. The van der Waals surface area contributed by atoms with Crippen molar-refractivity contribution >= 4 is 5.97 Å². The quantitative estimate of drug-likeness (QED) is 0.0918. The van der Waals surface area contributed by atoms with Gasteiger partial charge in [-0.3, -0.25) is 4.79 Å². The molecule has 198 valence electrons. The summed E-state index contributed by atoms with van der Waals surface area (Å²) >= 11 is 0. The van der Waals surface area contributed by atoms with Crippen molar-refractivity contribution in [1.29, 1.82) is 0 Å². The molecule has 0 aromatic rings. The van der Waals surface area contributed by atoms with Gasteiger partial charge in [-0.15, -0.1) is 0 Å². The van der Waals surface area contributed by atoms with Gasteiger partial charge in [0.2, 0.25) is 0 Å². The Morgan fingerprint density at radius 2 is 0.818 bits per heavy atom. The van der Waals surface area contributed by atoms with E-state index in [-0.39, 0.29) is 5.97 Å². The molecule has 0 aromatic carbocycles. The molecule has 0 unspecified atom stereocenters. The van der Waals surface area contributed by atoms with E-state index in [1.165, 1.54) is 141 Å². The topological polar surface area (TPSA) is 46.5 Å². The predicted molar refractivity (Wildman–Crippen MR) is 144 cm³/mol. The summed E-state index contributed by atoms with van der Waals surface area (Å²) in [4.78, 5) is 11.8. The largest absolute Gasteiger partial charge is 0.466 e. The van der Waals surface area contributed by atoms with Crippen LogP contribution in [0.25, 0.3) is 0 Å². The summed E-state index contributed by atoms with van der Waals surface area (Å²) in [5.74, 6) is 0.0136. The van der Waals surface area contributed by atoms with Crippen molar-refractivity contribution < 1.29 is 14.6 Å². The van der Waals surface area contributed by atoms with Crippen LogP contribution in [0.2, 0.25) is 0 Å². The maximum absolute atomic E-state index is 11.8. The zero-order chi connectivity index (χ0) is 24.1. The highest BCUT2D eigenvalue weighted by atomic mass is 16.5. The third-order valence-corrected chi connectivity index (χ3v) is 6.80. The standard InChI is InChI=1S/C30H60O3/c1-2-3-4-5-6-15-18-21-24-27-30(32)33-29-26-23-20-17-14-12-10-8-7-9-11-13-16-19-22-25-28-31/h31H,2-29H2,1H3. The van der Waals surface area contributed by atoms with E-state index in [2.05, 4.69) is 6.92 Å². The van der Waals surface area contributed by atoms with Crippen molar-refractivity contribution in [1.82, 2.24) is 0 Å². The molecule has 0 amide bonds. The number of carbonyl (C=O) groups excluding carboxylic acids is 1. The summed E-state index contributed by atoms with van der Waals surface area (Å²) in [5, 5.41) is 8.76. The maximum Gasteiger partial charge on any atom is 0.305 e. The zero-order valence-electron chi connectivity index (χ0n) is 22.6. The summed E-state index contributed by atoms with van der Waals surface area (Å²) in [6.07, 6.45) is 33.0. The molecular weight excluding hydrogens is 408 g/mol. The number of ether oxygens (including phenoxy) is 1. The lowest BCUT2D eigenvalue weighted by molar-refractivity contribution is -0.143. The van der Waals surface area contributed by atoms with Gasteiger partial charge in [0.1, 0.15) is 0 Å². The van der Waals surface area contributed by atoms with Crippen LogP contribution in [0.3, 0.4) is 0 Å². The summed E-state index contributed by atoms with van der Waals surface area (Å²) < 4.78 is 5.39. The molecule has 0 atom stereocenters. The maximum atomic E-state index is 11.8. The Balaban J connectivity index is 3.12. The number of carbonyl (C=O) groups is 1. The lowest BCUT2D eigenvalue weighted by atomic mass is 10.0. The van der Waals surface area contributed by atoms with Crippen molar-refractivity contribution in [3.63, 3.8) is 0 Å². The van der Waals surface area contributed by atoms with Crippen molar-refractivity contribution in [2.75, 3.05) is 13.2 Å². The second kappa shape index (κ2) is 29.5. The van der Waals surface area contributed by atoms with Crippen LogP contribution in [-0.2, 0) is 9.53 Å². The lowest BCUT2D eigenvalue weighted by Gasteiger charge is -2.06. The van der Waals surface area contributed by atoms with E-state index >= 15 is 0 Å². The molecule has 0 fully saturated rings. The Bertz CT molecular complexity index is 370. The minimum Gasteiger partial charge on any atom is -0.466 e. The molecule has 0 aliphatic heterocycles. The van der Waals surface area contributed by atoms with Gasteiger partial charge in [-0.2, -0.15) is 0 Å². The number of hydrogen-bond donors (Lipinski definition) is 1. The molecule has 0 saturated carbocycles. The Morgan fingerprint density at radius 3 is 1.21 bits per heavy atom. The molecule has 33 heavy (non-hydrogen) atoms. The van der Waals surface area contributed by atoms with Gasteiger partial charge in [-0.05, 0) is 19.3 Å². The van der Waals surface area contributed by atoms with Crippen LogP contribution in [0.15, 0.2) is 0 Å². The number of unbranched alkanes of at least 4 members (excludes halogenated alkanes) is 23. The first-order valence-electron chi connectivity index (χ1n) is 15.1. The molecule has 0 aliphatic rings. The van der Waals surface area contributed by atoms with Crippen molar-refractivity contribution in [2.24, 2.45) is 0 Å². The first kappa shape index (κ1) is 32.4. The number of rotatable bonds is 28. The van der Waals surface area contributed by atoms with E-state index < -0.39 is 0 Å². The van der Waals surface area contributed by atoms with Crippen LogP contribution in [0.1, 0.15) is 174 Å². The molecule has 0 spiro atoms. The first-order chi connectivity index (χ1) is 16.3. The summed E-state index contributed by atoms with van der Waals surface area (Å²) in [6, 6.07) is 0. The van der Waals surface area contributed by atoms with Crippen LogP contribution in [0.5, 0.6) is 0 Å². The highest BCUT2D eigenvalue weighted by molar-refractivity contribution is 5.69. The van der Waals surface area contributed by atoms with E-state index in [0.717, 1.165) is 19.3 Å². The Labute approximate surface area is 207 Å². The third kappa shape index (κ3) is 29.4. The minimum atomic E-state index is 0.0136. The molecule has 0 bridgehead atoms.